The van der Waals surface area contributed by atoms with Gasteiger partial charge in [0.1, 0.15) is 0 Å². The van der Waals surface area contributed by atoms with Gasteiger partial charge in [-0.05, 0) is 24.8 Å². The highest BCUT2D eigenvalue weighted by Crippen LogP contribution is 2.30. The summed E-state index contributed by atoms with van der Waals surface area (Å²) in [7, 11) is 0. The van der Waals surface area contributed by atoms with Gasteiger partial charge in [0.25, 0.3) is 0 Å². The van der Waals surface area contributed by atoms with Gasteiger partial charge in [-0.2, -0.15) is 0 Å². The molecule has 0 amide bonds. The predicted molar refractivity (Wildman–Crippen MR) is 59.1 cm³/mol. The van der Waals surface area contributed by atoms with Crippen LogP contribution in [0.5, 0.6) is 0 Å². The van der Waals surface area contributed by atoms with Crippen LogP contribution in [0.25, 0.3) is 0 Å². The molecule has 0 spiro atoms. The molecule has 1 aromatic rings. The number of aromatic nitrogens is 1. The van der Waals surface area contributed by atoms with Gasteiger partial charge in [0.2, 0.25) is 5.82 Å². The van der Waals surface area contributed by atoms with Crippen molar-refractivity contribution in [1.82, 2.24) is 4.98 Å². The van der Waals surface area contributed by atoms with Crippen LogP contribution in [0.4, 0.5) is 11.5 Å². The Balaban J connectivity index is 2.24. The van der Waals surface area contributed by atoms with Crippen molar-refractivity contribution in [2.75, 3.05) is 11.9 Å². The van der Waals surface area contributed by atoms with Crippen molar-refractivity contribution >= 4 is 17.5 Å². The molecule has 0 bridgehead atoms. The first kappa shape index (κ1) is 11.3. The van der Waals surface area contributed by atoms with Crippen LogP contribution >= 0.6 is 0 Å². The molecule has 7 heteroatoms. The molecule has 0 saturated heterocycles. The fraction of sp³-hybridized carbons (Fsp3) is 0.400. The summed E-state index contributed by atoms with van der Waals surface area (Å²) in [5.41, 5.74) is -0.399. The molecule has 17 heavy (non-hydrogen) atoms. The van der Waals surface area contributed by atoms with Gasteiger partial charge in [0, 0.05) is 12.6 Å². The molecule has 7 nitrogen and oxygen atoms in total. The van der Waals surface area contributed by atoms with E-state index < -0.39 is 10.9 Å². The van der Waals surface area contributed by atoms with E-state index in [1.54, 1.807) is 0 Å². The first-order valence-electron chi connectivity index (χ1n) is 5.20. The number of aromatic carboxylic acids is 1. The summed E-state index contributed by atoms with van der Waals surface area (Å²) < 4.78 is 0. The van der Waals surface area contributed by atoms with E-state index in [2.05, 4.69) is 10.3 Å². The van der Waals surface area contributed by atoms with E-state index in [1.165, 1.54) is 0 Å². The average Bonchev–Trinajstić information content (AvgIpc) is 3.09. The minimum absolute atomic E-state index is 0.0294. The van der Waals surface area contributed by atoms with Crippen LogP contribution in [-0.4, -0.2) is 27.5 Å². The highest BCUT2D eigenvalue weighted by molar-refractivity contribution is 5.86. The number of carboxylic acid groups (broad SMARTS) is 1. The number of nitrogens with one attached hydrogen (secondary N) is 1. The molecule has 2 N–H and O–H groups in total. The van der Waals surface area contributed by atoms with E-state index in [9.17, 15) is 14.9 Å². The van der Waals surface area contributed by atoms with E-state index in [0.717, 1.165) is 25.0 Å². The van der Waals surface area contributed by atoms with E-state index in [4.69, 9.17) is 5.11 Å². The fourth-order valence-electron chi connectivity index (χ4n) is 1.41. The van der Waals surface area contributed by atoms with Gasteiger partial charge in [-0.3, -0.25) is 10.1 Å². The Hall–Kier alpha value is -2.18. The monoisotopic (exact) mass is 237 g/mol. The van der Waals surface area contributed by atoms with Gasteiger partial charge >= 0.3 is 11.7 Å². The number of carboxylic acids is 1. The molecule has 0 unspecified atom stereocenters. The van der Waals surface area contributed by atoms with E-state index >= 15 is 0 Å². The van der Waals surface area contributed by atoms with Gasteiger partial charge in [0.15, 0.2) is 5.69 Å². The summed E-state index contributed by atoms with van der Waals surface area (Å²) in [5, 5.41) is 22.3. The summed E-state index contributed by atoms with van der Waals surface area (Å²) in [4.78, 5) is 24.6. The van der Waals surface area contributed by atoms with Crippen LogP contribution in [0.15, 0.2) is 12.1 Å². The summed E-state index contributed by atoms with van der Waals surface area (Å²) in [6.07, 6.45) is 2.19. The van der Waals surface area contributed by atoms with Gasteiger partial charge in [-0.25, -0.2) is 9.78 Å². The molecular formula is C10H11N3O4. The zero-order valence-electron chi connectivity index (χ0n) is 8.92. The lowest BCUT2D eigenvalue weighted by Crippen LogP contribution is -2.10. The number of anilines is 1. The van der Waals surface area contributed by atoms with Crippen molar-refractivity contribution in [3.63, 3.8) is 0 Å². The van der Waals surface area contributed by atoms with Gasteiger partial charge in [-0.1, -0.05) is 0 Å². The second-order valence-electron chi connectivity index (χ2n) is 3.95. The van der Waals surface area contributed by atoms with Crippen LogP contribution < -0.4 is 5.32 Å². The van der Waals surface area contributed by atoms with Crippen molar-refractivity contribution in [2.24, 2.45) is 5.92 Å². The number of carbonyl (C=O) groups is 1. The smallest absolute Gasteiger partial charge is 0.354 e. The molecule has 2 rings (SSSR count). The fourth-order valence-corrected chi connectivity index (χ4v) is 1.41. The highest BCUT2D eigenvalue weighted by Gasteiger charge is 2.24. The molecule has 1 aliphatic carbocycles. The van der Waals surface area contributed by atoms with Crippen LogP contribution in [0.3, 0.4) is 0 Å². The summed E-state index contributed by atoms with van der Waals surface area (Å²) in [5.74, 6) is -0.652. The Kier molecular flexibility index (Phi) is 2.90. The second-order valence-corrected chi connectivity index (χ2v) is 3.95. The van der Waals surface area contributed by atoms with Crippen LogP contribution in [0.2, 0.25) is 0 Å². The lowest BCUT2D eigenvalue weighted by molar-refractivity contribution is -0.384. The minimum Gasteiger partial charge on any atom is -0.477 e. The predicted octanol–water partition coefficient (Wildman–Crippen LogP) is 1.51. The molecule has 1 aromatic heterocycles. The molecule has 0 atom stereocenters. The third-order valence-electron chi connectivity index (χ3n) is 2.54. The van der Waals surface area contributed by atoms with Crippen molar-refractivity contribution in [2.45, 2.75) is 12.8 Å². The van der Waals surface area contributed by atoms with E-state index in [1.807, 2.05) is 0 Å². The Morgan fingerprint density at radius 3 is 2.82 bits per heavy atom. The van der Waals surface area contributed by atoms with Gasteiger partial charge in [0.05, 0.1) is 4.92 Å². The third kappa shape index (κ3) is 2.68. The maximum absolute atomic E-state index is 10.7. The molecule has 1 saturated carbocycles. The van der Waals surface area contributed by atoms with E-state index in [-0.39, 0.29) is 17.2 Å². The van der Waals surface area contributed by atoms with Crippen molar-refractivity contribution in [1.29, 1.82) is 0 Å². The SMILES string of the molecule is O=C(O)c1ccc([N+](=O)[O-])c(NCC2CC2)n1. The molecule has 0 aromatic carbocycles. The normalized spacial score (nSPS) is 14.4. The summed E-state index contributed by atoms with van der Waals surface area (Å²) in [6, 6.07) is 2.29. The number of hydrogen-bond donors (Lipinski definition) is 2. The Bertz CT molecular complexity index is 471. The van der Waals surface area contributed by atoms with Crippen molar-refractivity contribution in [3.8, 4) is 0 Å². The maximum Gasteiger partial charge on any atom is 0.354 e. The van der Waals surface area contributed by atoms with Crippen LogP contribution in [0.1, 0.15) is 23.3 Å². The van der Waals surface area contributed by atoms with Crippen molar-refractivity contribution in [3.05, 3.63) is 27.9 Å². The number of nitrogens with zero attached hydrogens (tertiary/aromatic N) is 2. The molecule has 1 heterocycles. The number of hydrogen-bond acceptors (Lipinski definition) is 5. The first-order chi connectivity index (χ1) is 8.08. The largest absolute Gasteiger partial charge is 0.477 e. The molecule has 1 aliphatic rings. The van der Waals surface area contributed by atoms with E-state index in [0.29, 0.717) is 12.5 Å². The Morgan fingerprint density at radius 2 is 2.29 bits per heavy atom. The maximum atomic E-state index is 10.7. The van der Waals surface area contributed by atoms with Crippen molar-refractivity contribution < 1.29 is 14.8 Å². The topological polar surface area (TPSA) is 105 Å². The lowest BCUT2D eigenvalue weighted by atomic mass is 10.3. The molecule has 0 aliphatic heterocycles. The molecular weight excluding hydrogens is 226 g/mol. The van der Waals surface area contributed by atoms with Gasteiger partial charge < -0.3 is 10.4 Å². The zero-order chi connectivity index (χ0) is 12.4. The number of nitro groups is 1. The zero-order valence-corrected chi connectivity index (χ0v) is 8.92. The number of pyridine rings is 1. The quantitative estimate of drug-likeness (QED) is 0.594. The van der Waals surface area contributed by atoms with Crippen LogP contribution in [0, 0.1) is 16.0 Å². The minimum atomic E-state index is -1.20. The lowest BCUT2D eigenvalue weighted by Gasteiger charge is -2.05. The third-order valence-corrected chi connectivity index (χ3v) is 2.54. The molecule has 90 valence electrons. The van der Waals surface area contributed by atoms with Gasteiger partial charge in [-0.15, -0.1) is 0 Å². The Morgan fingerprint density at radius 1 is 1.59 bits per heavy atom. The summed E-state index contributed by atoms with van der Waals surface area (Å²) >= 11 is 0. The summed E-state index contributed by atoms with van der Waals surface area (Å²) in [6.45, 7) is 0.594. The Labute approximate surface area is 96.6 Å². The average molecular weight is 237 g/mol. The standard InChI is InChI=1S/C10H11N3O4/c14-10(15)7-3-4-8(13(16)17)9(12-7)11-5-6-1-2-6/h3-4,6H,1-2,5H2,(H,11,12)(H,14,15). The van der Waals surface area contributed by atoms with Crippen LogP contribution in [-0.2, 0) is 0 Å². The highest BCUT2D eigenvalue weighted by atomic mass is 16.6. The first-order valence-corrected chi connectivity index (χ1v) is 5.20. The molecule has 0 radical (unpaired) electrons. The molecule has 1 fully saturated rings. The second kappa shape index (κ2) is 4.36. The number of rotatable bonds is 5.